The first-order valence-corrected chi connectivity index (χ1v) is 11.1. The molecule has 2 atom stereocenters. The Morgan fingerprint density at radius 2 is 1.64 bits per heavy atom. The molecule has 10 heteroatoms. The van der Waals surface area contributed by atoms with Gasteiger partial charge in [0.2, 0.25) is 0 Å². The monoisotopic (exact) mass is 511 g/mol. The van der Waals surface area contributed by atoms with Crippen molar-refractivity contribution in [3.63, 3.8) is 0 Å². The summed E-state index contributed by atoms with van der Waals surface area (Å²) in [5, 5.41) is 9.95. The number of aliphatic hydroxyl groups is 1. The SMILES string of the molecule is COc1cccc(C2CCc3c(-c4cccc(OC(F)(F)F)c4)cccc3N2CC(O)C(F)(F)F)c1. The van der Waals surface area contributed by atoms with Crippen molar-refractivity contribution in [3.8, 4) is 22.6 Å². The van der Waals surface area contributed by atoms with Gasteiger partial charge in [-0.05, 0) is 65.4 Å². The molecule has 4 rings (SSSR count). The predicted octanol–water partition coefficient (Wildman–Crippen LogP) is 6.68. The lowest BCUT2D eigenvalue weighted by Crippen LogP contribution is -2.44. The summed E-state index contributed by atoms with van der Waals surface area (Å²) >= 11 is 0. The molecule has 2 unspecified atom stereocenters. The fourth-order valence-corrected chi connectivity index (χ4v) is 4.55. The lowest BCUT2D eigenvalue weighted by atomic mass is 9.86. The van der Waals surface area contributed by atoms with Crippen LogP contribution >= 0.6 is 0 Å². The average molecular weight is 511 g/mol. The second-order valence-electron chi connectivity index (χ2n) is 8.42. The number of methoxy groups -OCH3 is 1. The molecule has 0 radical (unpaired) electrons. The van der Waals surface area contributed by atoms with E-state index >= 15 is 0 Å². The molecule has 0 fully saturated rings. The van der Waals surface area contributed by atoms with Gasteiger partial charge in [-0.3, -0.25) is 0 Å². The van der Waals surface area contributed by atoms with Gasteiger partial charge in [-0.1, -0.05) is 36.4 Å². The van der Waals surface area contributed by atoms with Crippen LogP contribution in [0.15, 0.2) is 66.7 Å². The zero-order chi connectivity index (χ0) is 26.1. The van der Waals surface area contributed by atoms with E-state index in [4.69, 9.17) is 4.74 Å². The van der Waals surface area contributed by atoms with Crippen molar-refractivity contribution < 1.29 is 40.9 Å². The summed E-state index contributed by atoms with van der Waals surface area (Å²) < 4.78 is 87.5. The highest BCUT2D eigenvalue weighted by atomic mass is 19.4. The molecule has 0 amide bonds. The van der Waals surface area contributed by atoms with Gasteiger partial charge in [-0.2, -0.15) is 13.2 Å². The molecule has 0 saturated heterocycles. The third kappa shape index (κ3) is 5.70. The molecule has 36 heavy (non-hydrogen) atoms. The molecule has 3 aromatic rings. The second kappa shape index (κ2) is 9.93. The number of β-amino-alcohol motifs (C(OH)–C–C–N with tert-alkyl or cyclic N) is 1. The highest BCUT2D eigenvalue weighted by molar-refractivity contribution is 5.76. The molecule has 192 valence electrons. The Morgan fingerprint density at radius 3 is 2.33 bits per heavy atom. The van der Waals surface area contributed by atoms with Crippen molar-refractivity contribution in [1.82, 2.24) is 0 Å². The Balaban J connectivity index is 1.78. The predicted molar refractivity (Wildman–Crippen MR) is 122 cm³/mol. The van der Waals surface area contributed by atoms with Gasteiger partial charge in [0.15, 0.2) is 6.10 Å². The minimum atomic E-state index is -4.86. The maximum absolute atomic E-state index is 13.3. The van der Waals surface area contributed by atoms with Crippen molar-refractivity contribution >= 4 is 5.69 Å². The maximum atomic E-state index is 13.3. The molecule has 1 aliphatic heterocycles. The number of halogens is 6. The molecule has 1 N–H and O–H groups in total. The molecule has 3 aromatic carbocycles. The zero-order valence-electron chi connectivity index (χ0n) is 19.1. The maximum Gasteiger partial charge on any atom is 0.573 e. The molecule has 0 spiro atoms. The van der Waals surface area contributed by atoms with Gasteiger partial charge in [-0.25, -0.2) is 0 Å². The normalized spacial score (nSPS) is 16.9. The van der Waals surface area contributed by atoms with E-state index in [1.165, 1.54) is 30.2 Å². The Bertz CT molecular complexity index is 1210. The third-order valence-electron chi connectivity index (χ3n) is 6.11. The van der Waals surface area contributed by atoms with E-state index in [1.54, 1.807) is 48.5 Å². The molecule has 0 aliphatic carbocycles. The number of benzene rings is 3. The van der Waals surface area contributed by atoms with Gasteiger partial charge in [-0.15, -0.1) is 13.2 Å². The van der Waals surface area contributed by atoms with Crippen LogP contribution in [0.5, 0.6) is 11.5 Å². The minimum Gasteiger partial charge on any atom is -0.497 e. The standard InChI is InChI=1S/C26H23F6NO3/c1-35-18-7-3-6-17(14-18)22-12-11-21-20(16-5-2-8-19(13-16)36-26(30,31)32)9-4-10-23(21)33(22)15-24(34)25(27,28)29/h2-10,13-14,22,24,34H,11-12,15H2,1H3. The van der Waals surface area contributed by atoms with Crippen molar-refractivity contribution in [2.24, 2.45) is 0 Å². The Labute approximate surface area is 203 Å². The summed E-state index contributed by atoms with van der Waals surface area (Å²) in [6, 6.07) is 17.0. The van der Waals surface area contributed by atoms with Crippen LogP contribution in [-0.4, -0.2) is 37.4 Å². The van der Waals surface area contributed by atoms with E-state index in [0.717, 1.165) is 5.56 Å². The van der Waals surface area contributed by atoms with Crippen LogP contribution in [0.2, 0.25) is 0 Å². The number of hydrogen-bond acceptors (Lipinski definition) is 4. The van der Waals surface area contributed by atoms with Gasteiger partial charge >= 0.3 is 12.5 Å². The van der Waals surface area contributed by atoms with Crippen LogP contribution in [-0.2, 0) is 6.42 Å². The third-order valence-corrected chi connectivity index (χ3v) is 6.11. The topological polar surface area (TPSA) is 41.9 Å². The number of alkyl halides is 6. The highest BCUT2D eigenvalue weighted by Gasteiger charge is 2.42. The lowest BCUT2D eigenvalue weighted by Gasteiger charge is -2.41. The molecule has 0 saturated carbocycles. The first-order valence-electron chi connectivity index (χ1n) is 11.1. The number of anilines is 1. The van der Waals surface area contributed by atoms with E-state index in [0.29, 0.717) is 41.0 Å². The zero-order valence-corrected chi connectivity index (χ0v) is 19.1. The number of fused-ring (bicyclic) bond motifs is 1. The summed E-state index contributed by atoms with van der Waals surface area (Å²) in [6.45, 7) is -0.709. The Morgan fingerprint density at radius 1 is 0.944 bits per heavy atom. The van der Waals surface area contributed by atoms with Crippen molar-refractivity contribution in [2.75, 3.05) is 18.6 Å². The van der Waals surface area contributed by atoms with Crippen molar-refractivity contribution in [1.29, 1.82) is 0 Å². The lowest BCUT2D eigenvalue weighted by molar-refractivity contribution is -0.274. The summed E-state index contributed by atoms with van der Waals surface area (Å²) in [5.41, 5.74) is 2.88. The van der Waals surface area contributed by atoms with E-state index in [2.05, 4.69) is 4.74 Å². The van der Waals surface area contributed by atoms with E-state index in [9.17, 15) is 31.4 Å². The summed E-state index contributed by atoms with van der Waals surface area (Å²) in [5.74, 6) is 0.150. The van der Waals surface area contributed by atoms with Gasteiger partial charge in [0.25, 0.3) is 0 Å². The second-order valence-corrected chi connectivity index (χ2v) is 8.42. The fourth-order valence-electron chi connectivity index (χ4n) is 4.55. The summed E-state index contributed by atoms with van der Waals surface area (Å²) in [4.78, 5) is 1.51. The Kier molecular flexibility index (Phi) is 7.08. The summed E-state index contributed by atoms with van der Waals surface area (Å²) in [7, 11) is 1.49. The number of hydrogen-bond donors (Lipinski definition) is 1. The van der Waals surface area contributed by atoms with Gasteiger partial charge in [0.05, 0.1) is 19.7 Å². The van der Waals surface area contributed by atoms with Crippen LogP contribution in [0.4, 0.5) is 32.0 Å². The number of ether oxygens (including phenoxy) is 2. The van der Waals surface area contributed by atoms with E-state index in [-0.39, 0.29) is 0 Å². The fraction of sp³-hybridized carbons (Fsp3) is 0.308. The molecular formula is C26H23F6NO3. The first kappa shape index (κ1) is 25.7. The molecule has 0 aromatic heterocycles. The molecule has 4 nitrogen and oxygen atoms in total. The number of nitrogens with zero attached hydrogens (tertiary/aromatic N) is 1. The Hall–Kier alpha value is -3.40. The highest BCUT2D eigenvalue weighted by Crippen LogP contribution is 2.44. The van der Waals surface area contributed by atoms with E-state index in [1.807, 2.05) is 0 Å². The van der Waals surface area contributed by atoms with Crippen LogP contribution in [0, 0.1) is 0 Å². The average Bonchev–Trinajstić information content (AvgIpc) is 2.82. The summed E-state index contributed by atoms with van der Waals surface area (Å²) in [6.07, 6.45) is -11.4. The molecule has 1 aliphatic rings. The minimum absolute atomic E-state index is 0.396. The van der Waals surface area contributed by atoms with E-state index < -0.39 is 37.0 Å². The molecule has 1 heterocycles. The van der Waals surface area contributed by atoms with Gasteiger partial charge in [0.1, 0.15) is 11.5 Å². The largest absolute Gasteiger partial charge is 0.573 e. The quantitative estimate of drug-likeness (QED) is 0.375. The van der Waals surface area contributed by atoms with Gasteiger partial charge in [0, 0.05) is 5.69 Å². The smallest absolute Gasteiger partial charge is 0.497 e. The van der Waals surface area contributed by atoms with Crippen LogP contribution in [0.3, 0.4) is 0 Å². The van der Waals surface area contributed by atoms with Gasteiger partial charge < -0.3 is 19.5 Å². The molecule has 0 bridgehead atoms. The van der Waals surface area contributed by atoms with Crippen LogP contribution in [0.1, 0.15) is 23.6 Å². The number of rotatable bonds is 6. The van der Waals surface area contributed by atoms with Crippen molar-refractivity contribution in [3.05, 3.63) is 77.9 Å². The molecular weight excluding hydrogens is 488 g/mol. The van der Waals surface area contributed by atoms with Crippen LogP contribution in [0.25, 0.3) is 11.1 Å². The van der Waals surface area contributed by atoms with Crippen molar-refractivity contribution in [2.45, 2.75) is 37.5 Å². The first-order chi connectivity index (χ1) is 17.0. The number of aliphatic hydroxyl groups excluding tert-OH is 1. The van der Waals surface area contributed by atoms with Crippen LogP contribution < -0.4 is 14.4 Å².